The number of urea groups is 1. The molecule has 1 aliphatic carbocycles. The SMILES string of the molecule is COc1ccc([C@H](C)NC(=O)N2CC(=O)N(CC3CC3)C2)cc1OC. The van der Waals surface area contributed by atoms with E-state index >= 15 is 0 Å². The molecule has 3 amide bonds. The van der Waals surface area contributed by atoms with Gasteiger partial charge in [-0.15, -0.1) is 0 Å². The van der Waals surface area contributed by atoms with Crippen LogP contribution < -0.4 is 14.8 Å². The summed E-state index contributed by atoms with van der Waals surface area (Å²) in [6.45, 7) is 3.20. The Hall–Kier alpha value is -2.44. The van der Waals surface area contributed by atoms with Gasteiger partial charge in [-0.3, -0.25) is 9.69 Å². The lowest BCUT2D eigenvalue weighted by atomic mass is 10.1. The molecule has 2 aliphatic rings. The van der Waals surface area contributed by atoms with Crippen LogP contribution in [-0.4, -0.2) is 55.7 Å². The molecular formula is C18H25N3O4. The third kappa shape index (κ3) is 3.97. The number of hydrogen-bond donors (Lipinski definition) is 1. The minimum atomic E-state index is -0.228. The zero-order valence-electron chi connectivity index (χ0n) is 14.9. The summed E-state index contributed by atoms with van der Waals surface area (Å²) in [4.78, 5) is 27.8. The Morgan fingerprint density at radius 1 is 1.28 bits per heavy atom. The minimum Gasteiger partial charge on any atom is -0.493 e. The molecule has 1 atom stereocenters. The smallest absolute Gasteiger partial charge is 0.319 e. The first-order chi connectivity index (χ1) is 12.0. The Morgan fingerprint density at radius 3 is 2.64 bits per heavy atom. The molecule has 1 saturated carbocycles. The summed E-state index contributed by atoms with van der Waals surface area (Å²) in [7, 11) is 3.16. The summed E-state index contributed by atoms with van der Waals surface area (Å²) in [5, 5.41) is 2.95. The van der Waals surface area contributed by atoms with Gasteiger partial charge in [0.2, 0.25) is 5.91 Å². The fraction of sp³-hybridized carbons (Fsp3) is 0.556. The van der Waals surface area contributed by atoms with Gasteiger partial charge in [-0.1, -0.05) is 6.07 Å². The zero-order chi connectivity index (χ0) is 18.0. The van der Waals surface area contributed by atoms with Crippen LogP contribution in [0, 0.1) is 5.92 Å². The molecule has 7 heteroatoms. The lowest BCUT2D eigenvalue weighted by Gasteiger charge is -2.22. The number of nitrogens with one attached hydrogen (secondary N) is 1. The number of carbonyl (C=O) groups is 2. The Kier molecular flexibility index (Phi) is 5.01. The largest absolute Gasteiger partial charge is 0.493 e. The van der Waals surface area contributed by atoms with Crippen molar-refractivity contribution < 1.29 is 19.1 Å². The number of rotatable bonds is 6. The van der Waals surface area contributed by atoms with Gasteiger partial charge in [-0.25, -0.2) is 4.79 Å². The number of nitrogens with zero attached hydrogens (tertiary/aromatic N) is 2. The van der Waals surface area contributed by atoms with E-state index in [0.717, 1.165) is 12.1 Å². The quantitative estimate of drug-likeness (QED) is 0.854. The second kappa shape index (κ2) is 7.21. The van der Waals surface area contributed by atoms with Crippen molar-refractivity contribution in [2.24, 2.45) is 5.92 Å². The molecule has 3 rings (SSSR count). The Labute approximate surface area is 147 Å². The number of ether oxygens (including phenoxy) is 2. The minimum absolute atomic E-state index is 0.0285. The standard InChI is InChI=1S/C18H25N3O4/c1-12(14-6-7-15(24-2)16(8-14)25-3)19-18(23)21-10-17(22)20(11-21)9-13-4-5-13/h6-8,12-13H,4-5,9-11H2,1-3H3,(H,19,23)/t12-/m0/s1. The van der Waals surface area contributed by atoms with E-state index in [1.165, 1.54) is 12.8 Å². The summed E-state index contributed by atoms with van der Waals surface area (Å²) >= 11 is 0. The second-order valence-corrected chi connectivity index (χ2v) is 6.68. The van der Waals surface area contributed by atoms with Crippen molar-refractivity contribution >= 4 is 11.9 Å². The van der Waals surface area contributed by atoms with E-state index < -0.39 is 0 Å². The predicted molar refractivity (Wildman–Crippen MR) is 92.5 cm³/mol. The summed E-state index contributed by atoms with van der Waals surface area (Å²) in [5.41, 5.74) is 0.909. The molecule has 0 radical (unpaired) electrons. The highest BCUT2D eigenvalue weighted by molar-refractivity contribution is 5.87. The van der Waals surface area contributed by atoms with E-state index in [4.69, 9.17) is 9.47 Å². The van der Waals surface area contributed by atoms with Gasteiger partial charge in [0, 0.05) is 6.54 Å². The van der Waals surface area contributed by atoms with Crippen LogP contribution in [0.4, 0.5) is 4.79 Å². The molecular weight excluding hydrogens is 322 g/mol. The maximum Gasteiger partial charge on any atom is 0.319 e. The molecule has 25 heavy (non-hydrogen) atoms. The highest BCUT2D eigenvalue weighted by Crippen LogP contribution is 2.31. The van der Waals surface area contributed by atoms with Crippen LogP contribution >= 0.6 is 0 Å². The van der Waals surface area contributed by atoms with E-state index in [1.807, 2.05) is 25.1 Å². The van der Waals surface area contributed by atoms with Crippen LogP contribution in [-0.2, 0) is 4.79 Å². The summed E-state index contributed by atoms with van der Waals surface area (Å²) in [6.07, 6.45) is 2.37. The van der Waals surface area contributed by atoms with Crippen molar-refractivity contribution in [3.05, 3.63) is 23.8 Å². The fourth-order valence-corrected chi connectivity index (χ4v) is 2.99. The fourth-order valence-electron chi connectivity index (χ4n) is 2.99. The number of hydrogen-bond acceptors (Lipinski definition) is 4. The molecule has 136 valence electrons. The topological polar surface area (TPSA) is 71.1 Å². The van der Waals surface area contributed by atoms with Gasteiger partial charge in [-0.2, -0.15) is 0 Å². The summed E-state index contributed by atoms with van der Waals surface area (Å²) in [6, 6.07) is 5.11. The highest BCUT2D eigenvalue weighted by atomic mass is 16.5. The molecule has 0 bridgehead atoms. The predicted octanol–water partition coefficient (Wildman–Crippen LogP) is 1.99. The summed E-state index contributed by atoms with van der Waals surface area (Å²) in [5.74, 6) is 1.91. The average Bonchev–Trinajstić information content (AvgIpc) is 3.35. The van der Waals surface area contributed by atoms with Crippen molar-refractivity contribution in [3.63, 3.8) is 0 Å². The van der Waals surface area contributed by atoms with Crippen molar-refractivity contribution in [2.45, 2.75) is 25.8 Å². The van der Waals surface area contributed by atoms with Crippen LogP contribution in [0.1, 0.15) is 31.4 Å². The summed E-state index contributed by atoms with van der Waals surface area (Å²) < 4.78 is 10.5. The molecule has 1 aromatic rings. The monoisotopic (exact) mass is 347 g/mol. The molecule has 1 aliphatic heterocycles. The van der Waals surface area contributed by atoms with Crippen molar-refractivity contribution in [2.75, 3.05) is 34.0 Å². The van der Waals surface area contributed by atoms with Crippen LogP contribution in [0.5, 0.6) is 11.5 Å². The van der Waals surface area contributed by atoms with Crippen LogP contribution in [0.2, 0.25) is 0 Å². The molecule has 0 aromatic heterocycles. The first-order valence-electron chi connectivity index (χ1n) is 8.57. The average molecular weight is 347 g/mol. The number of amides is 3. The van der Waals surface area contributed by atoms with Gasteiger partial charge in [0.25, 0.3) is 0 Å². The van der Waals surface area contributed by atoms with Crippen LogP contribution in [0.15, 0.2) is 18.2 Å². The van der Waals surface area contributed by atoms with Gasteiger partial charge in [0.1, 0.15) is 6.54 Å². The van der Waals surface area contributed by atoms with Crippen molar-refractivity contribution in [3.8, 4) is 11.5 Å². The second-order valence-electron chi connectivity index (χ2n) is 6.68. The normalized spacial score (nSPS) is 18.3. The molecule has 1 heterocycles. The van der Waals surface area contributed by atoms with Gasteiger partial charge >= 0.3 is 6.03 Å². The van der Waals surface area contributed by atoms with Crippen molar-refractivity contribution in [1.82, 2.24) is 15.1 Å². The molecule has 2 fully saturated rings. The molecule has 1 saturated heterocycles. The van der Waals surface area contributed by atoms with E-state index in [1.54, 1.807) is 24.0 Å². The Morgan fingerprint density at radius 2 is 2.00 bits per heavy atom. The van der Waals surface area contributed by atoms with E-state index in [-0.39, 0.29) is 24.5 Å². The lowest BCUT2D eigenvalue weighted by molar-refractivity contribution is -0.126. The maximum absolute atomic E-state index is 12.5. The zero-order valence-corrected chi connectivity index (χ0v) is 14.9. The lowest BCUT2D eigenvalue weighted by Crippen LogP contribution is -2.40. The molecule has 0 unspecified atom stereocenters. The van der Waals surface area contributed by atoms with E-state index in [0.29, 0.717) is 24.1 Å². The molecule has 0 spiro atoms. The molecule has 1 aromatic carbocycles. The molecule has 7 nitrogen and oxygen atoms in total. The van der Waals surface area contributed by atoms with Crippen LogP contribution in [0.25, 0.3) is 0 Å². The van der Waals surface area contributed by atoms with Gasteiger partial charge in [0.15, 0.2) is 11.5 Å². The van der Waals surface area contributed by atoms with Gasteiger partial charge in [-0.05, 0) is 43.4 Å². The number of benzene rings is 1. The van der Waals surface area contributed by atoms with Crippen molar-refractivity contribution in [1.29, 1.82) is 0 Å². The first kappa shape index (κ1) is 17.4. The number of carbonyl (C=O) groups excluding carboxylic acids is 2. The van der Waals surface area contributed by atoms with E-state index in [2.05, 4.69) is 5.32 Å². The maximum atomic E-state index is 12.5. The molecule has 1 N–H and O–H groups in total. The van der Waals surface area contributed by atoms with Gasteiger partial charge in [0.05, 0.1) is 26.9 Å². The number of methoxy groups -OCH3 is 2. The Bertz CT molecular complexity index is 660. The third-order valence-electron chi connectivity index (χ3n) is 4.73. The van der Waals surface area contributed by atoms with E-state index in [9.17, 15) is 9.59 Å². The van der Waals surface area contributed by atoms with Crippen LogP contribution in [0.3, 0.4) is 0 Å². The Balaban J connectivity index is 1.59. The first-order valence-corrected chi connectivity index (χ1v) is 8.57. The van der Waals surface area contributed by atoms with Gasteiger partial charge < -0.3 is 19.7 Å². The highest BCUT2D eigenvalue weighted by Gasteiger charge is 2.35. The third-order valence-corrected chi connectivity index (χ3v) is 4.73.